The van der Waals surface area contributed by atoms with E-state index in [4.69, 9.17) is 16.3 Å². The number of thioether (sulfide) groups is 1. The second-order valence-electron chi connectivity index (χ2n) is 6.18. The highest BCUT2D eigenvalue weighted by molar-refractivity contribution is 8.00. The van der Waals surface area contributed by atoms with Gasteiger partial charge in [0.15, 0.2) is 0 Å². The molecule has 7 heteroatoms. The number of nitrogens with one attached hydrogen (secondary N) is 2. The highest BCUT2D eigenvalue weighted by Crippen LogP contribution is 2.21. The average molecular weight is 405 g/mol. The first-order valence-electron chi connectivity index (χ1n) is 8.79. The summed E-state index contributed by atoms with van der Waals surface area (Å²) >= 11 is 7.27. The molecule has 142 valence electrons. The number of hydrogen-bond acceptors (Lipinski definition) is 4. The minimum absolute atomic E-state index is 0.0754. The van der Waals surface area contributed by atoms with Crippen LogP contribution in [0.4, 0.5) is 5.69 Å². The molecule has 2 aromatic rings. The molecule has 0 saturated carbocycles. The molecule has 1 saturated heterocycles. The van der Waals surface area contributed by atoms with Gasteiger partial charge in [0.25, 0.3) is 5.91 Å². The van der Waals surface area contributed by atoms with E-state index >= 15 is 0 Å². The largest absolute Gasteiger partial charge is 0.376 e. The molecule has 1 aliphatic rings. The molecule has 3 rings (SSSR count). The van der Waals surface area contributed by atoms with E-state index in [2.05, 4.69) is 10.6 Å². The Morgan fingerprint density at radius 3 is 2.67 bits per heavy atom. The first kappa shape index (κ1) is 19.7. The van der Waals surface area contributed by atoms with Crippen molar-refractivity contribution in [2.24, 2.45) is 0 Å². The smallest absolute Gasteiger partial charge is 0.253 e. The molecule has 0 aliphatic carbocycles. The number of carbonyl (C=O) groups excluding carboxylic acids is 2. The van der Waals surface area contributed by atoms with Crippen molar-refractivity contribution >= 4 is 40.9 Å². The average Bonchev–Trinajstić information content (AvgIpc) is 3.20. The second kappa shape index (κ2) is 9.78. The van der Waals surface area contributed by atoms with Crippen molar-refractivity contribution in [1.82, 2.24) is 5.32 Å². The van der Waals surface area contributed by atoms with E-state index in [1.807, 2.05) is 12.1 Å². The number of hydrogen-bond donors (Lipinski definition) is 2. The first-order chi connectivity index (χ1) is 13.1. The van der Waals surface area contributed by atoms with E-state index < -0.39 is 0 Å². The summed E-state index contributed by atoms with van der Waals surface area (Å²) in [7, 11) is 0. The van der Waals surface area contributed by atoms with Gasteiger partial charge in [0.05, 0.1) is 23.1 Å². The van der Waals surface area contributed by atoms with E-state index in [1.165, 1.54) is 11.8 Å². The number of benzene rings is 2. The van der Waals surface area contributed by atoms with Gasteiger partial charge in [-0.3, -0.25) is 9.59 Å². The summed E-state index contributed by atoms with van der Waals surface area (Å²) in [5.74, 6) is -0.144. The molecule has 2 amide bonds. The van der Waals surface area contributed by atoms with E-state index in [0.717, 1.165) is 24.3 Å². The van der Waals surface area contributed by atoms with Crippen LogP contribution >= 0.6 is 23.4 Å². The van der Waals surface area contributed by atoms with Crippen molar-refractivity contribution in [2.75, 3.05) is 24.2 Å². The zero-order valence-corrected chi connectivity index (χ0v) is 16.3. The monoisotopic (exact) mass is 404 g/mol. The number of ether oxygens (including phenoxy) is 1. The molecule has 1 heterocycles. The maximum absolute atomic E-state index is 12.5. The Hall–Kier alpha value is -2.02. The van der Waals surface area contributed by atoms with Crippen LogP contribution in [-0.4, -0.2) is 36.8 Å². The zero-order chi connectivity index (χ0) is 19.1. The lowest BCUT2D eigenvalue weighted by Gasteiger charge is -2.13. The SMILES string of the molecule is O=C(CSc1ccc(Cl)cc1)Nc1ccccc1C(=O)NCC1CCCO1. The predicted octanol–water partition coefficient (Wildman–Crippen LogP) is 3.98. The van der Waals surface area contributed by atoms with Crippen LogP contribution in [0.3, 0.4) is 0 Å². The first-order valence-corrected chi connectivity index (χ1v) is 10.2. The van der Waals surface area contributed by atoms with Crippen LogP contribution in [0.15, 0.2) is 53.4 Å². The van der Waals surface area contributed by atoms with Crippen molar-refractivity contribution < 1.29 is 14.3 Å². The normalized spacial score (nSPS) is 16.1. The van der Waals surface area contributed by atoms with E-state index in [-0.39, 0.29) is 23.7 Å². The minimum Gasteiger partial charge on any atom is -0.376 e. The molecule has 0 spiro atoms. The van der Waals surface area contributed by atoms with Crippen LogP contribution in [0.5, 0.6) is 0 Å². The highest BCUT2D eigenvalue weighted by Gasteiger charge is 2.18. The van der Waals surface area contributed by atoms with Gasteiger partial charge >= 0.3 is 0 Å². The topological polar surface area (TPSA) is 67.4 Å². The van der Waals surface area contributed by atoms with E-state index in [0.29, 0.717) is 22.8 Å². The molecule has 0 aromatic heterocycles. The summed E-state index contributed by atoms with van der Waals surface area (Å²) in [4.78, 5) is 25.7. The van der Waals surface area contributed by atoms with Crippen LogP contribution < -0.4 is 10.6 Å². The fourth-order valence-corrected chi connectivity index (χ4v) is 3.59. The Morgan fingerprint density at radius 2 is 1.93 bits per heavy atom. The van der Waals surface area contributed by atoms with Gasteiger partial charge in [0, 0.05) is 23.1 Å². The summed E-state index contributed by atoms with van der Waals surface area (Å²) in [5.41, 5.74) is 0.949. The van der Waals surface area contributed by atoms with Gasteiger partial charge in [-0.1, -0.05) is 23.7 Å². The molecule has 27 heavy (non-hydrogen) atoms. The van der Waals surface area contributed by atoms with E-state index in [9.17, 15) is 9.59 Å². The molecule has 1 unspecified atom stereocenters. The Morgan fingerprint density at radius 1 is 1.15 bits per heavy atom. The Balaban J connectivity index is 1.55. The molecule has 1 aliphatic heterocycles. The molecular weight excluding hydrogens is 384 g/mol. The lowest BCUT2D eigenvalue weighted by atomic mass is 10.1. The van der Waals surface area contributed by atoms with Gasteiger partial charge in [0.2, 0.25) is 5.91 Å². The molecule has 1 atom stereocenters. The molecule has 5 nitrogen and oxygen atoms in total. The lowest BCUT2D eigenvalue weighted by Crippen LogP contribution is -2.32. The number of anilines is 1. The fourth-order valence-electron chi connectivity index (χ4n) is 2.76. The van der Waals surface area contributed by atoms with Crippen molar-refractivity contribution in [3.05, 3.63) is 59.1 Å². The number of halogens is 1. The lowest BCUT2D eigenvalue weighted by molar-refractivity contribution is -0.113. The second-order valence-corrected chi connectivity index (χ2v) is 7.67. The minimum atomic E-state index is -0.216. The maximum atomic E-state index is 12.5. The van der Waals surface area contributed by atoms with Gasteiger partial charge in [-0.15, -0.1) is 11.8 Å². The summed E-state index contributed by atoms with van der Waals surface area (Å²) in [5, 5.41) is 6.37. The fraction of sp³-hybridized carbons (Fsp3) is 0.300. The van der Waals surface area contributed by atoms with Crippen molar-refractivity contribution in [1.29, 1.82) is 0 Å². The molecular formula is C20H21ClN2O3S. The quantitative estimate of drug-likeness (QED) is 0.685. The van der Waals surface area contributed by atoms with Crippen molar-refractivity contribution in [3.63, 3.8) is 0 Å². The molecule has 0 bridgehead atoms. The number of rotatable bonds is 7. The van der Waals surface area contributed by atoms with Crippen LogP contribution in [0, 0.1) is 0 Å². The molecule has 2 N–H and O–H groups in total. The van der Waals surface area contributed by atoms with Crippen LogP contribution in [-0.2, 0) is 9.53 Å². The van der Waals surface area contributed by atoms with Crippen LogP contribution in [0.1, 0.15) is 23.2 Å². The number of amides is 2. The highest BCUT2D eigenvalue weighted by atomic mass is 35.5. The molecule has 2 aromatic carbocycles. The third kappa shape index (κ3) is 5.99. The standard InChI is InChI=1S/C20H21ClN2O3S/c21-14-7-9-16(10-8-14)27-13-19(24)23-18-6-2-1-5-17(18)20(25)22-12-15-4-3-11-26-15/h1-2,5-10,15H,3-4,11-13H2,(H,22,25)(H,23,24). The molecule has 1 fully saturated rings. The Bertz CT molecular complexity index is 792. The van der Waals surface area contributed by atoms with Crippen molar-refractivity contribution in [2.45, 2.75) is 23.8 Å². The zero-order valence-electron chi connectivity index (χ0n) is 14.7. The van der Waals surface area contributed by atoms with Crippen LogP contribution in [0.25, 0.3) is 0 Å². The maximum Gasteiger partial charge on any atom is 0.253 e. The number of carbonyl (C=O) groups is 2. The van der Waals surface area contributed by atoms with Gasteiger partial charge in [-0.2, -0.15) is 0 Å². The predicted molar refractivity (Wildman–Crippen MR) is 109 cm³/mol. The Labute approximate surface area is 167 Å². The van der Waals surface area contributed by atoms with Gasteiger partial charge in [-0.25, -0.2) is 0 Å². The third-order valence-electron chi connectivity index (χ3n) is 4.14. The van der Waals surface area contributed by atoms with Gasteiger partial charge < -0.3 is 15.4 Å². The van der Waals surface area contributed by atoms with E-state index in [1.54, 1.807) is 36.4 Å². The summed E-state index contributed by atoms with van der Waals surface area (Å²) in [6.07, 6.45) is 2.06. The van der Waals surface area contributed by atoms with Gasteiger partial charge in [0.1, 0.15) is 0 Å². The summed E-state index contributed by atoms with van der Waals surface area (Å²) < 4.78 is 5.52. The van der Waals surface area contributed by atoms with Crippen molar-refractivity contribution in [3.8, 4) is 0 Å². The third-order valence-corrected chi connectivity index (χ3v) is 5.41. The van der Waals surface area contributed by atoms with Crippen LogP contribution in [0.2, 0.25) is 5.02 Å². The number of para-hydroxylation sites is 1. The summed E-state index contributed by atoms with van der Waals surface area (Å²) in [6, 6.07) is 14.3. The Kier molecular flexibility index (Phi) is 7.15. The molecule has 0 radical (unpaired) electrons. The summed E-state index contributed by atoms with van der Waals surface area (Å²) in [6.45, 7) is 1.23. The van der Waals surface area contributed by atoms with Gasteiger partial charge in [-0.05, 0) is 49.2 Å².